The molecule has 0 unspecified atom stereocenters. The van der Waals surface area contributed by atoms with Gasteiger partial charge in [0.25, 0.3) is 11.8 Å². The number of aryl methyl sites for hydroxylation is 1. The van der Waals surface area contributed by atoms with Gasteiger partial charge >= 0.3 is 0 Å². The summed E-state index contributed by atoms with van der Waals surface area (Å²) in [6.07, 6.45) is 10.9. The Balaban J connectivity index is 1.02. The molecule has 0 bridgehead atoms. The normalized spacial score (nSPS) is 20.4. The number of nitrogens with two attached hydrogens (primary N) is 2. The molecule has 7 rings (SSSR count). The van der Waals surface area contributed by atoms with Crippen LogP contribution in [0.3, 0.4) is 0 Å². The summed E-state index contributed by atoms with van der Waals surface area (Å²) < 4.78 is 0.565. The van der Waals surface area contributed by atoms with Gasteiger partial charge < -0.3 is 32.7 Å². The van der Waals surface area contributed by atoms with Gasteiger partial charge in [0.15, 0.2) is 11.4 Å². The summed E-state index contributed by atoms with van der Waals surface area (Å²) in [5.74, 6) is -0.571. The number of hydrogen-bond acceptors (Lipinski definition) is 10. The van der Waals surface area contributed by atoms with Crippen molar-refractivity contribution in [2.75, 3.05) is 10.6 Å². The number of nitrogens with one attached hydrogen (secondary N) is 4. The molecule has 2 amide bonds. The third-order valence-electron chi connectivity index (χ3n) is 10.3. The predicted octanol–water partition coefficient (Wildman–Crippen LogP) is 5.87. The second kappa shape index (κ2) is 15.9. The number of benzene rings is 1. The van der Waals surface area contributed by atoms with Crippen molar-refractivity contribution in [2.24, 2.45) is 11.5 Å². The number of rotatable bonds is 10. The number of halogens is 1. The molecule has 5 aromatic rings. The number of amides is 2. The van der Waals surface area contributed by atoms with Crippen LogP contribution in [0, 0.1) is 6.92 Å². The molecule has 13 heteroatoms. The highest BCUT2D eigenvalue weighted by molar-refractivity contribution is 9.10. The van der Waals surface area contributed by atoms with E-state index < -0.39 is 0 Å². The lowest BCUT2D eigenvalue weighted by Gasteiger charge is -2.28. The fourth-order valence-corrected chi connectivity index (χ4v) is 7.73. The van der Waals surface area contributed by atoms with Gasteiger partial charge in [-0.15, -0.1) is 0 Å². The Morgan fingerprint density at radius 3 is 1.62 bits per heavy atom. The van der Waals surface area contributed by atoms with Crippen LogP contribution in [0.15, 0.2) is 65.5 Å². The van der Waals surface area contributed by atoms with Crippen molar-refractivity contribution in [1.82, 2.24) is 30.6 Å². The zero-order valence-electron chi connectivity index (χ0n) is 29.3. The van der Waals surface area contributed by atoms with Crippen LogP contribution >= 0.6 is 15.9 Å². The zero-order chi connectivity index (χ0) is 36.2. The first-order chi connectivity index (χ1) is 25.2. The van der Waals surface area contributed by atoms with Crippen LogP contribution in [0.1, 0.15) is 89.2 Å². The molecule has 0 radical (unpaired) electrons. The molecule has 2 aliphatic rings. The second-order valence-corrected chi connectivity index (χ2v) is 14.8. The minimum absolute atomic E-state index is 0.185. The molecule has 270 valence electrons. The summed E-state index contributed by atoms with van der Waals surface area (Å²) in [7, 11) is 0. The van der Waals surface area contributed by atoms with E-state index in [0.717, 1.165) is 84.5 Å². The first-order valence-electron chi connectivity index (χ1n) is 18.1. The van der Waals surface area contributed by atoms with E-state index in [-0.39, 0.29) is 36.0 Å². The van der Waals surface area contributed by atoms with Gasteiger partial charge in [0.1, 0.15) is 4.60 Å². The van der Waals surface area contributed by atoms with E-state index in [1.807, 2.05) is 55.5 Å². The van der Waals surface area contributed by atoms with Gasteiger partial charge in [0, 0.05) is 66.1 Å². The Morgan fingerprint density at radius 2 is 1.12 bits per heavy atom. The van der Waals surface area contributed by atoms with Crippen molar-refractivity contribution >= 4 is 60.9 Å². The molecule has 1 aromatic carbocycles. The first kappa shape index (κ1) is 35.7. The number of carbonyl (C=O) groups is 2. The van der Waals surface area contributed by atoms with Crippen molar-refractivity contribution in [1.29, 1.82) is 0 Å². The molecule has 0 atom stereocenters. The molecule has 8 N–H and O–H groups in total. The quantitative estimate of drug-likeness (QED) is 0.0941. The van der Waals surface area contributed by atoms with Gasteiger partial charge in [-0.3, -0.25) is 19.6 Å². The molecule has 0 saturated heterocycles. The molecular weight excluding hydrogens is 720 g/mol. The highest BCUT2D eigenvalue weighted by Crippen LogP contribution is 2.33. The molecule has 12 nitrogen and oxygen atoms in total. The monoisotopic (exact) mass is 764 g/mol. The van der Waals surface area contributed by atoms with E-state index in [4.69, 9.17) is 16.5 Å². The summed E-state index contributed by atoms with van der Waals surface area (Å²) in [4.78, 5) is 45.9. The topological polar surface area (TPSA) is 186 Å². The van der Waals surface area contributed by atoms with Crippen LogP contribution in [-0.2, 0) is 13.1 Å². The molecule has 4 heterocycles. The molecule has 0 aliphatic heterocycles. The molecule has 4 aromatic heterocycles. The SMILES string of the molecule is Cc1nc(C(=O)NCc2ccc(CNC(=O)c3nc(Br)c4cccnc4c3NC3CCC(N)CC3)cc2)c(NC2CCC(N)CC2)c2ncccc12. The van der Waals surface area contributed by atoms with Crippen LogP contribution < -0.4 is 32.7 Å². The molecule has 0 spiro atoms. The Morgan fingerprint density at radius 1 is 0.673 bits per heavy atom. The number of hydrogen-bond donors (Lipinski definition) is 6. The van der Waals surface area contributed by atoms with Gasteiger partial charge in [-0.25, -0.2) is 9.97 Å². The Bertz CT molecular complexity index is 1930. The van der Waals surface area contributed by atoms with Crippen LogP contribution in [0.2, 0.25) is 0 Å². The van der Waals surface area contributed by atoms with Crippen molar-refractivity contribution in [3.63, 3.8) is 0 Å². The Hall–Kier alpha value is -4.72. The van der Waals surface area contributed by atoms with Crippen LogP contribution in [-0.4, -0.2) is 55.9 Å². The smallest absolute Gasteiger partial charge is 0.272 e. The van der Waals surface area contributed by atoms with E-state index >= 15 is 0 Å². The van der Waals surface area contributed by atoms with Crippen molar-refractivity contribution < 1.29 is 9.59 Å². The van der Waals surface area contributed by atoms with E-state index in [1.54, 1.807) is 12.4 Å². The number of anilines is 2. The number of nitrogens with zero attached hydrogens (tertiary/aromatic N) is 4. The lowest BCUT2D eigenvalue weighted by Crippen LogP contribution is -2.34. The summed E-state index contributed by atoms with van der Waals surface area (Å²) in [5.41, 5.74) is 18.2. The second-order valence-electron chi connectivity index (χ2n) is 14.0. The Labute approximate surface area is 311 Å². The van der Waals surface area contributed by atoms with Gasteiger partial charge in [-0.1, -0.05) is 24.3 Å². The van der Waals surface area contributed by atoms with E-state index in [9.17, 15) is 9.59 Å². The summed E-state index contributed by atoms with van der Waals surface area (Å²) in [5, 5.41) is 15.0. The molecule has 2 fully saturated rings. The van der Waals surface area contributed by atoms with Crippen molar-refractivity contribution in [3.8, 4) is 0 Å². The maximum atomic E-state index is 13.6. The van der Waals surface area contributed by atoms with E-state index in [0.29, 0.717) is 46.0 Å². The molecular formula is C39H45BrN10O2. The third-order valence-corrected chi connectivity index (χ3v) is 10.9. The van der Waals surface area contributed by atoms with E-state index in [2.05, 4.69) is 52.1 Å². The van der Waals surface area contributed by atoms with Crippen LogP contribution in [0.25, 0.3) is 21.8 Å². The van der Waals surface area contributed by atoms with Crippen LogP contribution in [0.5, 0.6) is 0 Å². The molecule has 2 aliphatic carbocycles. The van der Waals surface area contributed by atoms with Crippen molar-refractivity contribution in [3.05, 3.63) is 93.7 Å². The standard InChI is InChI=1S/C39H45BrN10O2/c1-22-29-4-2-18-43-31(29)33(48-27-14-10-25(41)11-15-27)35(47-22)38(51)45-20-23-6-8-24(9-7-23)21-46-39(52)36-34(49-28-16-12-26(42)13-17-28)32-30(37(40)50-36)5-3-19-44-32/h2-9,18-19,25-28,48-49H,10-17,20-21,41-42H2,1H3,(H,45,51)(H,46,52). The Kier molecular flexibility index (Phi) is 10.9. The maximum absolute atomic E-state index is 13.6. The van der Waals surface area contributed by atoms with Gasteiger partial charge in [-0.2, -0.15) is 0 Å². The van der Waals surface area contributed by atoms with Gasteiger partial charge in [0.2, 0.25) is 0 Å². The highest BCUT2D eigenvalue weighted by Gasteiger charge is 2.26. The summed E-state index contributed by atoms with van der Waals surface area (Å²) in [6.45, 7) is 2.52. The zero-order valence-corrected chi connectivity index (χ0v) is 30.9. The third kappa shape index (κ3) is 8.01. The molecule has 52 heavy (non-hydrogen) atoms. The minimum atomic E-state index is -0.298. The minimum Gasteiger partial charge on any atom is -0.379 e. The predicted molar refractivity (Wildman–Crippen MR) is 208 cm³/mol. The highest BCUT2D eigenvalue weighted by atomic mass is 79.9. The number of aromatic nitrogens is 4. The lowest BCUT2D eigenvalue weighted by atomic mass is 9.91. The number of pyridine rings is 4. The number of carbonyl (C=O) groups excluding carboxylic acids is 2. The van der Waals surface area contributed by atoms with Gasteiger partial charge in [-0.05, 0) is 110 Å². The molecule has 2 saturated carbocycles. The average Bonchev–Trinajstić information content (AvgIpc) is 3.17. The van der Waals surface area contributed by atoms with Crippen molar-refractivity contribution in [2.45, 2.75) is 95.5 Å². The summed E-state index contributed by atoms with van der Waals surface area (Å²) in [6, 6.07) is 16.3. The largest absolute Gasteiger partial charge is 0.379 e. The van der Waals surface area contributed by atoms with Crippen LogP contribution in [0.4, 0.5) is 11.4 Å². The maximum Gasteiger partial charge on any atom is 0.272 e. The fourth-order valence-electron chi connectivity index (χ4n) is 7.23. The fraction of sp³-hybridized carbons (Fsp3) is 0.385. The van der Waals surface area contributed by atoms with Gasteiger partial charge in [0.05, 0.1) is 22.4 Å². The van der Waals surface area contributed by atoms with E-state index in [1.165, 1.54) is 0 Å². The lowest BCUT2D eigenvalue weighted by molar-refractivity contribution is 0.0938. The number of fused-ring (bicyclic) bond motifs is 2. The average molecular weight is 766 g/mol. The summed E-state index contributed by atoms with van der Waals surface area (Å²) >= 11 is 3.55. The first-order valence-corrected chi connectivity index (χ1v) is 18.9.